The third kappa shape index (κ3) is 7.43. The molecule has 1 N–H and O–H groups in total. The van der Waals surface area contributed by atoms with Crippen LogP contribution in [0.1, 0.15) is 39.2 Å². The number of nitrogens with one attached hydrogen (secondary N) is 1. The summed E-state index contributed by atoms with van der Waals surface area (Å²) in [5.74, 6) is -0.797. The van der Waals surface area contributed by atoms with E-state index in [-0.39, 0.29) is 18.5 Å². The van der Waals surface area contributed by atoms with Gasteiger partial charge in [0.1, 0.15) is 12.6 Å². The highest BCUT2D eigenvalue weighted by molar-refractivity contribution is 7.90. The van der Waals surface area contributed by atoms with Crippen LogP contribution in [0.25, 0.3) is 0 Å². The van der Waals surface area contributed by atoms with Gasteiger partial charge in [0.25, 0.3) is 0 Å². The number of nitrogens with zero attached hydrogens (tertiary/aromatic N) is 3. The van der Waals surface area contributed by atoms with Crippen LogP contribution >= 0.6 is 11.6 Å². The summed E-state index contributed by atoms with van der Waals surface area (Å²) in [6, 6.07) is 14.6. The van der Waals surface area contributed by atoms with Crippen LogP contribution in [0.4, 0.5) is 5.69 Å². The average Bonchev–Trinajstić information content (AvgIpc) is 2.83. The Morgan fingerprint density at radius 3 is 2.11 bits per heavy atom. The Balaban J connectivity index is 2.49. The van der Waals surface area contributed by atoms with Crippen LogP contribution < -0.4 is 9.62 Å². The van der Waals surface area contributed by atoms with E-state index >= 15 is 0 Å². The van der Waals surface area contributed by atoms with Gasteiger partial charge in [0.2, 0.25) is 11.8 Å². The lowest BCUT2D eigenvalue weighted by molar-refractivity contribution is -0.140. The van der Waals surface area contributed by atoms with Crippen LogP contribution in [0, 0.1) is 0 Å². The van der Waals surface area contributed by atoms with E-state index in [2.05, 4.69) is 5.32 Å². The molecule has 8 nitrogen and oxygen atoms in total. The van der Waals surface area contributed by atoms with Gasteiger partial charge in [0.05, 0.1) is 5.69 Å². The van der Waals surface area contributed by atoms with Crippen molar-refractivity contribution in [1.82, 2.24) is 14.5 Å². The summed E-state index contributed by atoms with van der Waals surface area (Å²) in [6.45, 7) is 5.27. The van der Waals surface area contributed by atoms with Crippen molar-refractivity contribution >= 4 is 39.3 Å². The Labute approximate surface area is 214 Å². The van der Waals surface area contributed by atoms with E-state index in [1.54, 1.807) is 54.6 Å². The number of carbonyl (C=O) groups excluding carboxylic acids is 2. The SMILES string of the molecule is CC[C@H](C)NC(=O)[C@H](CC)N(Cc1ccccc1Cl)C(=O)CN(c1ccccc1)S(=O)(=O)N(C)C. The molecule has 0 spiro atoms. The second-order valence-corrected chi connectivity index (χ2v) is 11.0. The lowest BCUT2D eigenvalue weighted by Gasteiger charge is -2.34. The van der Waals surface area contributed by atoms with E-state index in [0.717, 1.165) is 15.0 Å². The van der Waals surface area contributed by atoms with Crippen molar-refractivity contribution in [2.75, 3.05) is 24.9 Å². The van der Waals surface area contributed by atoms with Crippen LogP contribution in [-0.2, 0) is 26.3 Å². The third-order valence-corrected chi connectivity index (χ3v) is 7.94. The Morgan fingerprint density at radius 1 is 0.971 bits per heavy atom. The van der Waals surface area contributed by atoms with Gasteiger partial charge in [0.15, 0.2) is 0 Å². The second-order valence-electron chi connectivity index (χ2n) is 8.49. The molecule has 35 heavy (non-hydrogen) atoms. The summed E-state index contributed by atoms with van der Waals surface area (Å²) >= 11 is 6.37. The molecule has 0 bridgehead atoms. The number of hydrogen-bond donors (Lipinski definition) is 1. The maximum Gasteiger partial charge on any atom is 0.304 e. The fourth-order valence-corrected chi connectivity index (χ4v) is 4.73. The molecule has 0 radical (unpaired) electrons. The molecular weight excluding hydrogens is 488 g/mol. The monoisotopic (exact) mass is 522 g/mol. The Morgan fingerprint density at radius 2 is 1.57 bits per heavy atom. The molecule has 0 aliphatic rings. The molecule has 2 amide bonds. The zero-order chi connectivity index (χ0) is 26.2. The zero-order valence-electron chi connectivity index (χ0n) is 20.9. The van der Waals surface area contributed by atoms with Gasteiger partial charge >= 0.3 is 10.2 Å². The van der Waals surface area contributed by atoms with Gasteiger partial charge in [-0.1, -0.05) is 61.8 Å². The van der Waals surface area contributed by atoms with E-state index in [0.29, 0.717) is 22.7 Å². The molecule has 10 heteroatoms. The van der Waals surface area contributed by atoms with Crippen LogP contribution in [-0.4, -0.2) is 62.2 Å². The molecule has 0 unspecified atom stereocenters. The molecule has 0 saturated heterocycles. The predicted octanol–water partition coefficient (Wildman–Crippen LogP) is 3.67. The minimum atomic E-state index is -3.98. The minimum Gasteiger partial charge on any atom is -0.352 e. The van der Waals surface area contributed by atoms with Crippen LogP contribution in [0.15, 0.2) is 54.6 Å². The molecule has 2 rings (SSSR count). The van der Waals surface area contributed by atoms with Gasteiger partial charge in [-0.25, -0.2) is 4.31 Å². The summed E-state index contributed by atoms with van der Waals surface area (Å²) in [7, 11) is -1.17. The van der Waals surface area contributed by atoms with Gasteiger partial charge in [-0.3, -0.25) is 9.59 Å². The molecule has 0 aliphatic heterocycles. The number of para-hydroxylation sites is 1. The number of halogens is 1. The summed E-state index contributed by atoms with van der Waals surface area (Å²) in [5.41, 5.74) is 1.02. The largest absolute Gasteiger partial charge is 0.352 e. The molecule has 0 heterocycles. The van der Waals surface area contributed by atoms with Crippen LogP contribution in [0.5, 0.6) is 0 Å². The molecule has 0 aliphatic carbocycles. The fraction of sp³-hybridized carbons (Fsp3) is 0.440. The molecule has 2 aromatic carbocycles. The first kappa shape index (κ1) is 28.6. The maximum absolute atomic E-state index is 13.8. The molecule has 0 aromatic heterocycles. The van der Waals surface area contributed by atoms with Crippen LogP contribution in [0.3, 0.4) is 0 Å². The molecule has 2 aromatic rings. The first-order chi connectivity index (χ1) is 16.5. The lowest BCUT2D eigenvalue weighted by atomic mass is 10.1. The van der Waals surface area contributed by atoms with Gasteiger partial charge in [0, 0.05) is 31.7 Å². The van der Waals surface area contributed by atoms with E-state index in [4.69, 9.17) is 11.6 Å². The standard InChI is InChI=1S/C25H35ClN4O4S/c1-6-19(3)27-25(32)23(7-2)29(17-20-13-11-12-16-22(20)26)24(31)18-30(35(33,34)28(4)5)21-14-9-8-10-15-21/h8-16,19,23H,6-7,17-18H2,1-5H3,(H,27,32)/t19-,23-/m0/s1. The maximum atomic E-state index is 13.8. The van der Waals surface area contributed by atoms with Crippen molar-refractivity contribution in [3.8, 4) is 0 Å². The van der Waals surface area contributed by atoms with Crippen molar-refractivity contribution in [2.45, 2.75) is 52.2 Å². The highest BCUT2D eigenvalue weighted by Crippen LogP contribution is 2.23. The molecule has 2 atom stereocenters. The number of anilines is 1. The number of hydrogen-bond acceptors (Lipinski definition) is 4. The summed E-state index contributed by atoms with van der Waals surface area (Å²) < 4.78 is 28.4. The zero-order valence-corrected chi connectivity index (χ0v) is 22.5. The fourth-order valence-electron chi connectivity index (χ4n) is 3.48. The van der Waals surface area contributed by atoms with Gasteiger partial charge < -0.3 is 10.2 Å². The molecule has 0 fully saturated rings. The number of carbonyl (C=O) groups is 2. The Kier molecular flexibility index (Phi) is 10.5. The Bertz CT molecular complexity index is 1100. The van der Waals surface area contributed by atoms with Crippen molar-refractivity contribution in [3.63, 3.8) is 0 Å². The topological polar surface area (TPSA) is 90.0 Å². The second kappa shape index (κ2) is 12.9. The smallest absolute Gasteiger partial charge is 0.304 e. The van der Waals surface area contributed by atoms with Crippen molar-refractivity contribution in [2.24, 2.45) is 0 Å². The predicted molar refractivity (Wildman–Crippen MR) is 140 cm³/mol. The number of rotatable bonds is 12. The molecular formula is C25H35ClN4O4S. The first-order valence-corrected chi connectivity index (χ1v) is 13.4. The third-order valence-electron chi connectivity index (χ3n) is 5.75. The summed E-state index contributed by atoms with van der Waals surface area (Å²) in [4.78, 5) is 28.3. The summed E-state index contributed by atoms with van der Waals surface area (Å²) in [5, 5.41) is 3.41. The van der Waals surface area contributed by atoms with E-state index in [1.165, 1.54) is 19.0 Å². The van der Waals surface area contributed by atoms with Gasteiger partial charge in [-0.15, -0.1) is 0 Å². The lowest BCUT2D eigenvalue weighted by Crippen LogP contribution is -2.54. The Hall–Kier alpha value is -2.62. The van der Waals surface area contributed by atoms with E-state index < -0.39 is 28.7 Å². The quantitative estimate of drug-likeness (QED) is 0.460. The highest BCUT2D eigenvalue weighted by atomic mass is 35.5. The summed E-state index contributed by atoms with van der Waals surface area (Å²) in [6.07, 6.45) is 1.09. The van der Waals surface area contributed by atoms with Crippen molar-refractivity contribution < 1.29 is 18.0 Å². The minimum absolute atomic E-state index is 0.0651. The average molecular weight is 523 g/mol. The number of benzene rings is 2. The van der Waals surface area contributed by atoms with Crippen LogP contribution in [0.2, 0.25) is 5.02 Å². The molecule has 192 valence electrons. The first-order valence-electron chi connectivity index (χ1n) is 11.6. The number of amides is 2. The van der Waals surface area contributed by atoms with Gasteiger partial charge in [-0.05, 0) is 43.5 Å². The normalized spacial score (nSPS) is 13.2. The van der Waals surface area contributed by atoms with E-state index in [1.807, 2.05) is 20.8 Å². The van der Waals surface area contributed by atoms with E-state index in [9.17, 15) is 18.0 Å². The van der Waals surface area contributed by atoms with Crippen molar-refractivity contribution in [3.05, 3.63) is 65.2 Å². The van der Waals surface area contributed by atoms with Gasteiger partial charge in [-0.2, -0.15) is 12.7 Å². The highest BCUT2D eigenvalue weighted by Gasteiger charge is 2.34. The van der Waals surface area contributed by atoms with Crippen molar-refractivity contribution in [1.29, 1.82) is 0 Å². The molecule has 0 saturated carbocycles.